The monoisotopic (exact) mass is 320 g/mol. The molecule has 6 heteroatoms. The summed E-state index contributed by atoms with van der Waals surface area (Å²) in [6, 6.07) is 8.62. The van der Waals surface area contributed by atoms with Crippen LogP contribution >= 0.6 is 0 Å². The molecule has 1 aromatic carbocycles. The first-order valence-electron chi connectivity index (χ1n) is 7.65. The number of amides is 2. The van der Waals surface area contributed by atoms with Crippen LogP contribution in [0.15, 0.2) is 30.3 Å². The second kappa shape index (κ2) is 8.31. The molecule has 0 aliphatic heterocycles. The third kappa shape index (κ3) is 5.73. The lowest BCUT2D eigenvalue weighted by Gasteiger charge is -2.27. The smallest absolute Gasteiger partial charge is 0.329 e. The van der Waals surface area contributed by atoms with Crippen LogP contribution in [0.3, 0.4) is 0 Å². The van der Waals surface area contributed by atoms with Crippen molar-refractivity contribution in [2.45, 2.75) is 51.6 Å². The Morgan fingerprint density at radius 1 is 1.22 bits per heavy atom. The first-order chi connectivity index (χ1) is 10.8. The van der Waals surface area contributed by atoms with Crippen LogP contribution in [0.2, 0.25) is 0 Å². The van der Waals surface area contributed by atoms with Gasteiger partial charge >= 0.3 is 5.97 Å². The van der Waals surface area contributed by atoms with E-state index >= 15 is 0 Å². The summed E-state index contributed by atoms with van der Waals surface area (Å²) in [6.45, 7) is 4.73. The van der Waals surface area contributed by atoms with Gasteiger partial charge in [-0.1, -0.05) is 43.7 Å². The Kier molecular flexibility index (Phi) is 6.75. The zero-order chi connectivity index (χ0) is 17.5. The molecular weight excluding hydrogens is 296 g/mol. The number of benzene rings is 1. The van der Waals surface area contributed by atoms with Gasteiger partial charge in [-0.25, -0.2) is 4.79 Å². The van der Waals surface area contributed by atoms with Gasteiger partial charge in [0.25, 0.3) is 0 Å². The van der Waals surface area contributed by atoms with Gasteiger partial charge in [0.05, 0.1) is 12.5 Å². The van der Waals surface area contributed by atoms with Gasteiger partial charge in [0.1, 0.15) is 5.54 Å². The maximum absolute atomic E-state index is 12.3. The highest BCUT2D eigenvalue weighted by Gasteiger charge is 2.34. The second-order valence-corrected chi connectivity index (χ2v) is 5.80. The van der Waals surface area contributed by atoms with Crippen molar-refractivity contribution in [2.24, 2.45) is 0 Å². The van der Waals surface area contributed by atoms with E-state index in [-0.39, 0.29) is 12.3 Å². The lowest BCUT2D eigenvalue weighted by molar-refractivity contribution is -0.147. The van der Waals surface area contributed by atoms with Gasteiger partial charge in [-0.05, 0) is 18.9 Å². The van der Waals surface area contributed by atoms with Crippen LogP contribution in [-0.4, -0.2) is 28.4 Å². The van der Waals surface area contributed by atoms with Crippen LogP contribution in [-0.2, 0) is 14.4 Å². The lowest BCUT2D eigenvalue weighted by Crippen LogP contribution is -2.52. The predicted octanol–water partition coefficient (Wildman–Crippen LogP) is 2.01. The Hall–Kier alpha value is -2.37. The van der Waals surface area contributed by atoms with E-state index in [4.69, 9.17) is 0 Å². The summed E-state index contributed by atoms with van der Waals surface area (Å²) in [5.41, 5.74) is -0.506. The zero-order valence-electron chi connectivity index (χ0n) is 13.8. The molecule has 0 bridgehead atoms. The molecule has 0 aromatic heterocycles. The number of nitrogens with one attached hydrogen (secondary N) is 2. The van der Waals surface area contributed by atoms with Gasteiger partial charge in [0, 0.05) is 6.92 Å². The van der Waals surface area contributed by atoms with Crippen molar-refractivity contribution in [3.63, 3.8) is 0 Å². The fraction of sp³-hybridized carbons (Fsp3) is 0.471. The van der Waals surface area contributed by atoms with Crippen molar-refractivity contribution in [2.75, 3.05) is 0 Å². The van der Waals surface area contributed by atoms with Crippen molar-refractivity contribution in [1.29, 1.82) is 0 Å². The fourth-order valence-corrected chi connectivity index (χ4v) is 2.45. The molecule has 1 rings (SSSR count). The molecule has 2 atom stereocenters. The normalized spacial score (nSPS) is 14.4. The molecule has 0 radical (unpaired) electrons. The highest BCUT2D eigenvalue weighted by Crippen LogP contribution is 2.18. The van der Waals surface area contributed by atoms with Crippen LogP contribution in [0.25, 0.3) is 0 Å². The van der Waals surface area contributed by atoms with Crippen LogP contribution in [0.4, 0.5) is 0 Å². The molecule has 0 saturated heterocycles. The molecule has 3 N–H and O–H groups in total. The molecule has 2 amide bonds. The van der Waals surface area contributed by atoms with Crippen molar-refractivity contribution < 1.29 is 19.5 Å². The minimum atomic E-state index is -1.30. The summed E-state index contributed by atoms with van der Waals surface area (Å²) in [4.78, 5) is 35.0. The molecule has 1 aromatic rings. The molecule has 23 heavy (non-hydrogen) atoms. The highest BCUT2D eigenvalue weighted by molar-refractivity contribution is 5.87. The van der Waals surface area contributed by atoms with Gasteiger partial charge in [-0.3, -0.25) is 9.59 Å². The third-order valence-corrected chi connectivity index (χ3v) is 3.61. The number of carboxylic acids is 1. The summed E-state index contributed by atoms with van der Waals surface area (Å²) in [6.07, 6.45) is 0.956. The summed E-state index contributed by atoms with van der Waals surface area (Å²) in [5, 5.41) is 14.6. The van der Waals surface area contributed by atoms with E-state index < -0.39 is 23.5 Å². The number of carboxylic acid groups (broad SMARTS) is 1. The first-order valence-corrected chi connectivity index (χ1v) is 7.65. The summed E-state index contributed by atoms with van der Waals surface area (Å²) in [5.74, 6) is -1.73. The van der Waals surface area contributed by atoms with Gasteiger partial charge < -0.3 is 15.7 Å². The van der Waals surface area contributed by atoms with E-state index in [1.54, 1.807) is 0 Å². The van der Waals surface area contributed by atoms with Crippen molar-refractivity contribution >= 4 is 17.8 Å². The van der Waals surface area contributed by atoms with Gasteiger partial charge in [0.15, 0.2) is 0 Å². The Bertz CT molecular complexity index is 559. The molecule has 126 valence electrons. The van der Waals surface area contributed by atoms with E-state index in [1.807, 2.05) is 37.3 Å². The molecule has 0 aliphatic carbocycles. The van der Waals surface area contributed by atoms with E-state index in [9.17, 15) is 19.5 Å². The Labute approximate surface area is 136 Å². The van der Waals surface area contributed by atoms with Crippen LogP contribution < -0.4 is 10.6 Å². The van der Waals surface area contributed by atoms with Crippen LogP contribution in [0.5, 0.6) is 0 Å². The predicted molar refractivity (Wildman–Crippen MR) is 86.7 cm³/mol. The lowest BCUT2D eigenvalue weighted by atomic mass is 9.95. The Morgan fingerprint density at radius 2 is 1.83 bits per heavy atom. The molecule has 6 nitrogen and oxygen atoms in total. The second-order valence-electron chi connectivity index (χ2n) is 5.80. The highest BCUT2D eigenvalue weighted by atomic mass is 16.4. The topological polar surface area (TPSA) is 95.5 Å². The average Bonchev–Trinajstić information content (AvgIpc) is 2.47. The Balaban J connectivity index is 2.85. The largest absolute Gasteiger partial charge is 0.480 e. The summed E-state index contributed by atoms with van der Waals surface area (Å²) >= 11 is 0. The number of aliphatic carboxylic acids is 1. The average molecular weight is 320 g/mol. The minimum Gasteiger partial charge on any atom is -0.480 e. The number of carbonyl (C=O) groups excluding carboxylic acids is 2. The zero-order valence-corrected chi connectivity index (χ0v) is 13.8. The number of hydrogen-bond acceptors (Lipinski definition) is 3. The van der Waals surface area contributed by atoms with Crippen molar-refractivity contribution in [3.8, 4) is 0 Å². The molecule has 0 saturated carbocycles. The molecular formula is C17H24N2O4. The quantitative estimate of drug-likeness (QED) is 0.683. The van der Waals surface area contributed by atoms with Crippen molar-refractivity contribution in [3.05, 3.63) is 35.9 Å². The summed E-state index contributed by atoms with van der Waals surface area (Å²) < 4.78 is 0. The van der Waals surface area contributed by atoms with Gasteiger partial charge in [-0.2, -0.15) is 0 Å². The number of carbonyl (C=O) groups is 3. The Morgan fingerprint density at radius 3 is 2.30 bits per heavy atom. The van der Waals surface area contributed by atoms with E-state index in [0.717, 1.165) is 5.56 Å². The SMILES string of the molecule is CCCC(C)(NC(=O)CC(NC(C)=O)c1ccccc1)C(=O)O. The fourth-order valence-electron chi connectivity index (χ4n) is 2.45. The van der Waals surface area contributed by atoms with E-state index in [2.05, 4.69) is 10.6 Å². The molecule has 0 aliphatic rings. The van der Waals surface area contributed by atoms with E-state index in [0.29, 0.717) is 12.8 Å². The molecule has 0 spiro atoms. The standard InChI is InChI=1S/C17H24N2O4/c1-4-10-17(3,16(22)23)19-15(21)11-14(18-12(2)20)13-8-6-5-7-9-13/h5-9,14H,4,10-11H2,1-3H3,(H,18,20)(H,19,21)(H,22,23). The van der Waals surface area contributed by atoms with E-state index in [1.165, 1.54) is 13.8 Å². The van der Waals surface area contributed by atoms with Gasteiger partial charge in [-0.15, -0.1) is 0 Å². The van der Waals surface area contributed by atoms with Crippen LogP contribution in [0.1, 0.15) is 51.6 Å². The minimum absolute atomic E-state index is 0.0177. The van der Waals surface area contributed by atoms with Crippen molar-refractivity contribution in [1.82, 2.24) is 10.6 Å². The molecule has 2 unspecified atom stereocenters. The van der Waals surface area contributed by atoms with Gasteiger partial charge in [0.2, 0.25) is 11.8 Å². The number of rotatable bonds is 8. The maximum atomic E-state index is 12.3. The molecule has 0 heterocycles. The molecule has 0 fully saturated rings. The summed E-state index contributed by atoms with van der Waals surface area (Å²) in [7, 11) is 0. The first kappa shape index (κ1) is 18.7. The third-order valence-electron chi connectivity index (χ3n) is 3.61. The van der Waals surface area contributed by atoms with Crippen LogP contribution in [0, 0.1) is 0 Å². The maximum Gasteiger partial charge on any atom is 0.329 e. The number of hydrogen-bond donors (Lipinski definition) is 3.